The zero-order valence-electron chi connectivity index (χ0n) is 8.89. The van der Waals surface area contributed by atoms with Crippen LogP contribution in [0.2, 0.25) is 0 Å². The number of aryl methyl sites for hydroxylation is 1. The number of nitrogens with two attached hydrogens (primary N) is 1. The molecule has 15 heavy (non-hydrogen) atoms. The van der Waals surface area contributed by atoms with E-state index >= 15 is 0 Å². The van der Waals surface area contributed by atoms with E-state index in [9.17, 15) is 8.78 Å². The Morgan fingerprint density at radius 3 is 2.53 bits per heavy atom. The Balaban J connectivity index is 2.87. The van der Waals surface area contributed by atoms with E-state index in [0.29, 0.717) is 11.3 Å². The van der Waals surface area contributed by atoms with Crippen molar-refractivity contribution in [3.63, 3.8) is 0 Å². The number of hydrogen-bond donors (Lipinski definition) is 1. The molecule has 0 aliphatic heterocycles. The molecular weight excluding hydrogens is 200 g/mol. The molecule has 0 fully saturated rings. The Kier molecular flexibility index (Phi) is 3.63. The van der Waals surface area contributed by atoms with E-state index < -0.39 is 12.5 Å². The summed E-state index contributed by atoms with van der Waals surface area (Å²) in [5.74, 6) is -2.16. The lowest BCUT2D eigenvalue weighted by molar-refractivity contribution is 0.0113. The molecule has 0 radical (unpaired) electrons. The number of halogens is 2. The normalized spacial score (nSPS) is 11.5. The molecule has 2 N–H and O–H groups in total. The Morgan fingerprint density at radius 1 is 1.40 bits per heavy atom. The highest BCUT2D eigenvalue weighted by Crippen LogP contribution is 2.23. The zero-order valence-corrected chi connectivity index (χ0v) is 8.89. The van der Waals surface area contributed by atoms with Gasteiger partial charge in [-0.1, -0.05) is 6.07 Å². The number of rotatable bonds is 4. The number of ether oxygens (including phenoxy) is 1. The van der Waals surface area contributed by atoms with Crippen LogP contribution in [0, 0.1) is 6.92 Å². The lowest BCUT2D eigenvalue weighted by atomic mass is 10.0. The maximum Gasteiger partial charge on any atom is 0.264 e. The second-order valence-electron chi connectivity index (χ2n) is 3.53. The molecule has 0 atom stereocenters. The van der Waals surface area contributed by atoms with Crippen molar-refractivity contribution in [3.05, 3.63) is 29.3 Å². The summed E-state index contributed by atoms with van der Waals surface area (Å²) < 4.78 is 31.1. The van der Waals surface area contributed by atoms with Gasteiger partial charge < -0.3 is 10.5 Å². The van der Waals surface area contributed by atoms with Crippen molar-refractivity contribution < 1.29 is 13.5 Å². The maximum absolute atomic E-state index is 13.0. The first-order chi connectivity index (χ1) is 6.98. The molecule has 0 unspecified atom stereocenters. The Bertz CT molecular complexity index is 339. The molecule has 1 aromatic rings. The van der Waals surface area contributed by atoms with Crippen molar-refractivity contribution in [2.75, 3.05) is 13.7 Å². The molecule has 0 saturated carbocycles. The molecular formula is C11H15F2NO. The molecule has 0 aromatic heterocycles. The van der Waals surface area contributed by atoms with Crippen molar-refractivity contribution in [1.29, 1.82) is 0 Å². The molecule has 84 valence electrons. The summed E-state index contributed by atoms with van der Waals surface area (Å²) in [5.41, 5.74) is 6.38. The van der Waals surface area contributed by atoms with Crippen LogP contribution in [0.4, 0.5) is 8.78 Å². The molecule has 2 nitrogen and oxygen atoms in total. The average molecular weight is 215 g/mol. The number of methoxy groups -OCH3 is 1. The van der Waals surface area contributed by atoms with E-state index in [1.165, 1.54) is 0 Å². The van der Waals surface area contributed by atoms with E-state index in [1.807, 2.05) is 0 Å². The summed E-state index contributed by atoms with van der Waals surface area (Å²) in [6.45, 7) is 1.16. The highest BCUT2D eigenvalue weighted by atomic mass is 19.3. The summed E-state index contributed by atoms with van der Waals surface area (Å²) in [6, 6.07) is 5.06. The van der Waals surface area contributed by atoms with Crippen molar-refractivity contribution in [2.45, 2.75) is 19.3 Å². The summed E-state index contributed by atoms with van der Waals surface area (Å²) in [7, 11) is 1.54. The molecule has 0 heterocycles. The van der Waals surface area contributed by atoms with Crippen LogP contribution in [0.25, 0.3) is 0 Å². The minimum atomic E-state index is -2.83. The predicted molar refractivity (Wildman–Crippen MR) is 55.4 cm³/mol. The van der Waals surface area contributed by atoms with Crippen LogP contribution >= 0.6 is 0 Å². The molecule has 1 aromatic carbocycles. The predicted octanol–water partition coefficient (Wildman–Crippen LogP) is 2.14. The van der Waals surface area contributed by atoms with Crippen LogP contribution in [-0.4, -0.2) is 19.6 Å². The van der Waals surface area contributed by atoms with Crippen molar-refractivity contribution >= 4 is 0 Å². The monoisotopic (exact) mass is 215 g/mol. The van der Waals surface area contributed by atoms with Crippen LogP contribution in [0.15, 0.2) is 18.2 Å². The van der Waals surface area contributed by atoms with Gasteiger partial charge in [0.2, 0.25) is 0 Å². The first-order valence-electron chi connectivity index (χ1n) is 4.70. The minimum Gasteiger partial charge on any atom is -0.497 e. The van der Waals surface area contributed by atoms with Gasteiger partial charge in [0, 0.05) is 6.42 Å². The fraction of sp³-hybridized carbons (Fsp3) is 0.455. The fourth-order valence-electron chi connectivity index (χ4n) is 1.34. The average Bonchev–Trinajstić information content (AvgIpc) is 2.21. The number of alkyl halides is 2. The highest BCUT2D eigenvalue weighted by molar-refractivity contribution is 5.35. The highest BCUT2D eigenvalue weighted by Gasteiger charge is 2.27. The quantitative estimate of drug-likeness (QED) is 0.835. The van der Waals surface area contributed by atoms with Gasteiger partial charge in [-0.25, -0.2) is 8.78 Å². The zero-order chi connectivity index (χ0) is 11.5. The van der Waals surface area contributed by atoms with Gasteiger partial charge in [0.05, 0.1) is 13.7 Å². The molecule has 0 saturated heterocycles. The fourth-order valence-corrected chi connectivity index (χ4v) is 1.34. The smallest absolute Gasteiger partial charge is 0.264 e. The SMILES string of the molecule is COc1ccc(CC(F)(F)CN)c(C)c1. The summed E-state index contributed by atoms with van der Waals surface area (Å²) in [5, 5.41) is 0. The van der Waals surface area contributed by atoms with Crippen molar-refractivity contribution in [1.82, 2.24) is 0 Å². The third-order valence-electron chi connectivity index (χ3n) is 2.30. The van der Waals surface area contributed by atoms with E-state index in [-0.39, 0.29) is 6.42 Å². The summed E-state index contributed by atoms with van der Waals surface area (Å²) >= 11 is 0. The molecule has 0 bridgehead atoms. The van der Waals surface area contributed by atoms with Crippen LogP contribution in [0.5, 0.6) is 5.75 Å². The van der Waals surface area contributed by atoms with Crippen molar-refractivity contribution in [2.24, 2.45) is 5.73 Å². The summed E-state index contributed by atoms with van der Waals surface area (Å²) in [6.07, 6.45) is -0.320. The van der Waals surface area contributed by atoms with Crippen LogP contribution in [0.3, 0.4) is 0 Å². The second-order valence-corrected chi connectivity index (χ2v) is 3.53. The largest absolute Gasteiger partial charge is 0.497 e. The van der Waals surface area contributed by atoms with Gasteiger partial charge in [-0.15, -0.1) is 0 Å². The molecule has 0 amide bonds. The van der Waals surface area contributed by atoms with Crippen LogP contribution in [0.1, 0.15) is 11.1 Å². The van der Waals surface area contributed by atoms with E-state index in [4.69, 9.17) is 10.5 Å². The Morgan fingerprint density at radius 2 is 2.07 bits per heavy atom. The van der Waals surface area contributed by atoms with Crippen LogP contribution < -0.4 is 10.5 Å². The Hall–Kier alpha value is -1.16. The van der Waals surface area contributed by atoms with Gasteiger partial charge in [0.1, 0.15) is 5.75 Å². The molecule has 0 aliphatic rings. The van der Waals surface area contributed by atoms with E-state index in [1.54, 1.807) is 32.2 Å². The van der Waals surface area contributed by atoms with Crippen molar-refractivity contribution in [3.8, 4) is 5.75 Å². The van der Waals surface area contributed by atoms with Gasteiger partial charge in [0.25, 0.3) is 5.92 Å². The van der Waals surface area contributed by atoms with Gasteiger partial charge >= 0.3 is 0 Å². The lowest BCUT2D eigenvalue weighted by Gasteiger charge is -2.15. The second kappa shape index (κ2) is 4.57. The molecule has 1 rings (SSSR count). The van der Waals surface area contributed by atoms with Crippen LogP contribution in [-0.2, 0) is 6.42 Å². The van der Waals surface area contributed by atoms with Gasteiger partial charge in [-0.05, 0) is 30.2 Å². The summed E-state index contributed by atoms with van der Waals surface area (Å²) in [4.78, 5) is 0. The third kappa shape index (κ3) is 3.16. The molecule has 0 spiro atoms. The third-order valence-corrected chi connectivity index (χ3v) is 2.30. The maximum atomic E-state index is 13.0. The minimum absolute atomic E-state index is 0.320. The topological polar surface area (TPSA) is 35.2 Å². The molecule has 4 heteroatoms. The first kappa shape index (κ1) is 11.9. The molecule has 0 aliphatic carbocycles. The Labute approximate surface area is 88.0 Å². The van der Waals surface area contributed by atoms with E-state index in [2.05, 4.69) is 0 Å². The lowest BCUT2D eigenvalue weighted by Crippen LogP contribution is -2.30. The van der Waals surface area contributed by atoms with Gasteiger partial charge in [0.15, 0.2) is 0 Å². The standard InChI is InChI=1S/C11H15F2NO/c1-8-5-10(15-2)4-3-9(8)6-11(12,13)7-14/h3-5H,6-7,14H2,1-2H3. The van der Waals surface area contributed by atoms with E-state index in [0.717, 1.165) is 5.56 Å². The van der Waals surface area contributed by atoms with Gasteiger partial charge in [-0.2, -0.15) is 0 Å². The van der Waals surface area contributed by atoms with Gasteiger partial charge in [-0.3, -0.25) is 0 Å². The number of benzene rings is 1. The first-order valence-corrected chi connectivity index (χ1v) is 4.70. The number of hydrogen-bond acceptors (Lipinski definition) is 2.